The van der Waals surface area contributed by atoms with Crippen molar-refractivity contribution < 1.29 is 0 Å². The number of fused-ring (bicyclic) bond motifs is 2. The maximum atomic E-state index is 4.37. The van der Waals surface area contributed by atoms with Crippen molar-refractivity contribution in [2.24, 2.45) is 0 Å². The Bertz CT molecular complexity index is 597. The van der Waals surface area contributed by atoms with Gasteiger partial charge in [-0.25, -0.2) is 0 Å². The molecule has 0 spiro atoms. The Hall–Kier alpha value is -1.68. The second kappa shape index (κ2) is 4.46. The Kier molecular flexibility index (Phi) is 2.62. The van der Waals surface area contributed by atoms with Gasteiger partial charge in [0.1, 0.15) is 0 Å². The van der Waals surface area contributed by atoms with E-state index in [0.29, 0.717) is 6.04 Å². The Morgan fingerprint density at radius 1 is 1.05 bits per heavy atom. The lowest BCUT2D eigenvalue weighted by atomic mass is 10.1. The average Bonchev–Trinajstić information content (AvgIpc) is 3.04. The summed E-state index contributed by atoms with van der Waals surface area (Å²) in [7, 11) is 0. The largest absolute Gasteiger partial charge is 0.381 e. The summed E-state index contributed by atoms with van der Waals surface area (Å²) in [4.78, 5) is 11.3. The Morgan fingerprint density at radius 3 is 2.89 bits per heavy atom. The van der Waals surface area contributed by atoms with Crippen LogP contribution in [0.5, 0.6) is 0 Å². The van der Waals surface area contributed by atoms with Crippen LogP contribution in [-0.4, -0.2) is 40.0 Å². The number of anilines is 1. The van der Waals surface area contributed by atoms with Gasteiger partial charge in [0.2, 0.25) is 0 Å². The Labute approximate surface area is 112 Å². The van der Waals surface area contributed by atoms with E-state index in [0.717, 1.165) is 17.1 Å². The molecular weight excluding hydrogens is 236 g/mol. The van der Waals surface area contributed by atoms with E-state index in [2.05, 4.69) is 32.3 Å². The highest BCUT2D eigenvalue weighted by Gasteiger charge is 2.36. The SMILES string of the molecule is c1cnc2cc(NC3CCN4CCCC34)ccc2n1. The summed E-state index contributed by atoms with van der Waals surface area (Å²) in [5.74, 6) is 0. The molecule has 1 aromatic heterocycles. The minimum atomic E-state index is 0.594. The number of benzene rings is 1. The highest BCUT2D eigenvalue weighted by atomic mass is 15.2. The molecular formula is C15H18N4. The molecule has 1 N–H and O–H groups in total. The average molecular weight is 254 g/mol. The summed E-state index contributed by atoms with van der Waals surface area (Å²) in [5.41, 5.74) is 3.10. The minimum Gasteiger partial charge on any atom is -0.381 e. The number of rotatable bonds is 2. The first-order valence-corrected chi connectivity index (χ1v) is 7.11. The fourth-order valence-electron chi connectivity index (χ4n) is 3.52. The van der Waals surface area contributed by atoms with Crippen LogP contribution in [0.4, 0.5) is 5.69 Å². The Balaban J connectivity index is 1.58. The van der Waals surface area contributed by atoms with Crippen LogP contribution in [0.1, 0.15) is 19.3 Å². The van der Waals surface area contributed by atoms with Crippen LogP contribution in [0.3, 0.4) is 0 Å². The monoisotopic (exact) mass is 254 g/mol. The summed E-state index contributed by atoms with van der Waals surface area (Å²) >= 11 is 0. The quantitative estimate of drug-likeness (QED) is 0.892. The highest BCUT2D eigenvalue weighted by molar-refractivity contribution is 5.78. The minimum absolute atomic E-state index is 0.594. The van der Waals surface area contributed by atoms with Crippen molar-refractivity contribution in [2.75, 3.05) is 18.4 Å². The van der Waals surface area contributed by atoms with Crippen LogP contribution in [0.2, 0.25) is 0 Å². The molecule has 4 heteroatoms. The predicted octanol–water partition coefficient (Wildman–Crippen LogP) is 2.28. The molecule has 0 radical (unpaired) electrons. The molecule has 2 saturated heterocycles. The van der Waals surface area contributed by atoms with Crippen molar-refractivity contribution in [3.05, 3.63) is 30.6 Å². The number of aromatic nitrogens is 2. The van der Waals surface area contributed by atoms with Crippen molar-refractivity contribution in [3.8, 4) is 0 Å². The number of nitrogens with zero attached hydrogens (tertiary/aromatic N) is 3. The smallest absolute Gasteiger partial charge is 0.0907 e. The molecule has 2 fully saturated rings. The molecule has 0 aliphatic carbocycles. The summed E-state index contributed by atoms with van der Waals surface area (Å²) in [6.07, 6.45) is 7.43. The van der Waals surface area contributed by atoms with E-state index in [-0.39, 0.29) is 0 Å². The molecule has 4 nitrogen and oxygen atoms in total. The van der Waals surface area contributed by atoms with Gasteiger partial charge in [0.15, 0.2) is 0 Å². The molecule has 0 saturated carbocycles. The number of hydrogen-bond donors (Lipinski definition) is 1. The fourth-order valence-corrected chi connectivity index (χ4v) is 3.52. The van der Waals surface area contributed by atoms with E-state index in [9.17, 15) is 0 Å². The first-order chi connectivity index (χ1) is 9.40. The van der Waals surface area contributed by atoms with Gasteiger partial charge in [0.25, 0.3) is 0 Å². The topological polar surface area (TPSA) is 41.1 Å². The zero-order valence-electron chi connectivity index (χ0n) is 10.9. The normalized spacial score (nSPS) is 26.7. The van der Waals surface area contributed by atoms with Gasteiger partial charge in [-0.3, -0.25) is 14.9 Å². The number of hydrogen-bond acceptors (Lipinski definition) is 4. The van der Waals surface area contributed by atoms with Gasteiger partial charge in [0, 0.05) is 36.7 Å². The molecule has 3 heterocycles. The van der Waals surface area contributed by atoms with E-state index in [1.54, 1.807) is 12.4 Å². The molecule has 2 atom stereocenters. The molecule has 0 bridgehead atoms. The number of nitrogens with one attached hydrogen (secondary N) is 1. The summed E-state index contributed by atoms with van der Waals surface area (Å²) in [6, 6.07) is 7.61. The van der Waals surface area contributed by atoms with Gasteiger partial charge in [-0.15, -0.1) is 0 Å². The van der Waals surface area contributed by atoms with E-state index in [1.807, 2.05) is 6.07 Å². The van der Waals surface area contributed by atoms with Crippen LogP contribution in [0.15, 0.2) is 30.6 Å². The third-order valence-corrected chi connectivity index (χ3v) is 4.43. The second-order valence-corrected chi connectivity index (χ2v) is 5.54. The highest BCUT2D eigenvalue weighted by Crippen LogP contribution is 2.30. The van der Waals surface area contributed by atoms with Gasteiger partial charge in [-0.1, -0.05) is 0 Å². The molecule has 19 heavy (non-hydrogen) atoms. The van der Waals surface area contributed by atoms with E-state index in [4.69, 9.17) is 0 Å². The van der Waals surface area contributed by atoms with Gasteiger partial charge in [-0.05, 0) is 44.0 Å². The van der Waals surface area contributed by atoms with E-state index >= 15 is 0 Å². The van der Waals surface area contributed by atoms with Gasteiger partial charge < -0.3 is 5.32 Å². The molecule has 2 aliphatic rings. The zero-order valence-corrected chi connectivity index (χ0v) is 10.9. The predicted molar refractivity (Wildman–Crippen MR) is 76.2 cm³/mol. The standard InChI is InChI=1S/C15H18N4/c1-2-15-13(5-9-19(15)8-1)18-11-3-4-12-14(10-11)17-7-6-16-12/h3-4,6-7,10,13,15,18H,1-2,5,8-9H2. The van der Waals surface area contributed by atoms with Crippen molar-refractivity contribution in [1.29, 1.82) is 0 Å². The van der Waals surface area contributed by atoms with Crippen molar-refractivity contribution in [2.45, 2.75) is 31.3 Å². The maximum absolute atomic E-state index is 4.37. The van der Waals surface area contributed by atoms with Crippen molar-refractivity contribution >= 4 is 16.7 Å². The molecule has 98 valence electrons. The molecule has 2 unspecified atom stereocenters. The molecule has 2 aromatic rings. The maximum Gasteiger partial charge on any atom is 0.0907 e. The summed E-state index contributed by atoms with van der Waals surface area (Å²) < 4.78 is 0. The third-order valence-electron chi connectivity index (χ3n) is 4.43. The lowest BCUT2D eigenvalue weighted by Gasteiger charge is -2.22. The second-order valence-electron chi connectivity index (χ2n) is 5.54. The lowest BCUT2D eigenvalue weighted by molar-refractivity contribution is 0.318. The zero-order chi connectivity index (χ0) is 12.7. The first-order valence-electron chi connectivity index (χ1n) is 7.11. The lowest BCUT2D eigenvalue weighted by Crippen LogP contribution is -2.33. The Morgan fingerprint density at radius 2 is 1.95 bits per heavy atom. The van der Waals surface area contributed by atoms with Crippen LogP contribution < -0.4 is 5.32 Å². The van der Waals surface area contributed by atoms with Gasteiger partial charge in [-0.2, -0.15) is 0 Å². The molecule has 0 amide bonds. The summed E-state index contributed by atoms with van der Waals surface area (Å²) in [5, 5.41) is 3.69. The van der Waals surface area contributed by atoms with E-state index in [1.165, 1.54) is 38.0 Å². The van der Waals surface area contributed by atoms with Crippen molar-refractivity contribution in [1.82, 2.24) is 14.9 Å². The summed E-state index contributed by atoms with van der Waals surface area (Å²) in [6.45, 7) is 2.53. The van der Waals surface area contributed by atoms with Crippen LogP contribution in [0.25, 0.3) is 11.0 Å². The first kappa shape index (κ1) is 11.2. The molecule has 2 aliphatic heterocycles. The molecule has 1 aromatic carbocycles. The van der Waals surface area contributed by atoms with Gasteiger partial charge in [0.05, 0.1) is 11.0 Å². The third kappa shape index (κ3) is 1.96. The van der Waals surface area contributed by atoms with Crippen molar-refractivity contribution in [3.63, 3.8) is 0 Å². The fraction of sp³-hybridized carbons (Fsp3) is 0.467. The molecule has 4 rings (SSSR count). The van der Waals surface area contributed by atoms with Crippen LogP contribution in [-0.2, 0) is 0 Å². The van der Waals surface area contributed by atoms with E-state index < -0.39 is 0 Å². The van der Waals surface area contributed by atoms with Crippen LogP contribution in [0, 0.1) is 0 Å². The van der Waals surface area contributed by atoms with Gasteiger partial charge >= 0.3 is 0 Å². The van der Waals surface area contributed by atoms with Crippen LogP contribution >= 0.6 is 0 Å².